The van der Waals surface area contributed by atoms with E-state index in [9.17, 15) is 4.79 Å². The number of hydrogen-bond donors (Lipinski definition) is 1. The third kappa shape index (κ3) is 5.71. The van der Waals surface area contributed by atoms with E-state index in [1.165, 1.54) is 11.1 Å². The number of nitrogens with zero attached hydrogens (tertiary/aromatic N) is 5. The van der Waals surface area contributed by atoms with Gasteiger partial charge in [0.05, 0.1) is 19.2 Å². The minimum Gasteiger partial charge on any atom is -0.383 e. The van der Waals surface area contributed by atoms with Crippen molar-refractivity contribution in [3.8, 4) is 0 Å². The molecule has 2 aromatic heterocycles. The summed E-state index contributed by atoms with van der Waals surface area (Å²) >= 11 is 0. The van der Waals surface area contributed by atoms with E-state index in [1.807, 2.05) is 23.7 Å². The van der Waals surface area contributed by atoms with Crippen molar-refractivity contribution < 1.29 is 4.74 Å². The molecule has 4 rings (SSSR count). The van der Waals surface area contributed by atoms with Crippen LogP contribution in [0.4, 0.5) is 0 Å². The highest BCUT2D eigenvalue weighted by Gasteiger charge is 2.30. The maximum Gasteiger partial charge on any atom is 0.252 e. The highest BCUT2D eigenvalue weighted by Crippen LogP contribution is 2.30. The highest BCUT2D eigenvalue weighted by molar-refractivity contribution is 5.83. The number of aromatic amines is 1. The van der Waals surface area contributed by atoms with Gasteiger partial charge < -0.3 is 9.72 Å². The summed E-state index contributed by atoms with van der Waals surface area (Å²) < 4.78 is 7.09. The third-order valence-electron chi connectivity index (χ3n) is 6.63. The van der Waals surface area contributed by atoms with Gasteiger partial charge in [0.15, 0.2) is 5.82 Å². The Balaban J connectivity index is 1.78. The maximum atomic E-state index is 13.2. The fourth-order valence-electron chi connectivity index (χ4n) is 4.88. The van der Waals surface area contributed by atoms with Gasteiger partial charge in [-0.25, -0.2) is 4.68 Å². The quantitative estimate of drug-likeness (QED) is 0.354. The number of H-pyrrole nitrogens is 1. The zero-order valence-electron chi connectivity index (χ0n) is 22.1. The maximum absolute atomic E-state index is 13.2. The summed E-state index contributed by atoms with van der Waals surface area (Å²) in [4.78, 5) is 18.7. The Morgan fingerprint density at radius 2 is 1.78 bits per heavy atom. The lowest BCUT2D eigenvalue weighted by atomic mass is 9.99. The fourth-order valence-corrected chi connectivity index (χ4v) is 4.88. The molecule has 0 saturated carbocycles. The molecule has 2 heterocycles. The van der Waals surface area contributed by atoms with Crippen LogP contribution in [0.25, 0.3) is 10.9 Å². The van der Waals surface area contributed by atoms with Crippen LogP contribution in [0, 0.1) is 26.7 Å². The number of benzene rings is 2. The highest BCUT2D eigenvalue weighted by atomic mass is 16.5. The predicted molar refractivity (Wildman–Crippen MR) is 142 cm³/mol. The number of tetrazole rings is 1. The van der Waals surface area contributed by atoms with E-state index in [0.29, 0.717) is 26.2 Å². The molecule has 0 aliphatic heterocycles. The lowest BCUT2D eigenvalue weighted by molar-refractivity contribution is 0.121. The molecule has 0 amide bonds. The van der Waals surface area contributed by atoms with Crippen LogP contribution >= 0.6 is 0 Å². The van der Waals surface area contributed by atoms with E-state index >= 15 is 0 Å². The predicted octanol–water partition coefficient (Wildman–Crippen LogP) is 4.49. The molecule has 0 fully saturated rings. The molecule has 4 aromatic rings. The van der Waals surface area contributed by atoms with E-state index in [-0.39, 0.29) is 17.5 Å². The number of ether oxygens (including phenoxy) is 1. The number of hydrogen-bond acceptors (Lipinski definition) is 6. The Morgan fingerprint density at radius 3 is 2.47 bits per heavy atom. The van der Waals surface area contributed by atoms with Crippen molar-refractivity contribution in [2.24, 2.45) is 5.92 Å². The second-order valence-corrected chi connectivity index (χ2v) is 10.00. The number of nitrogens with one attached hydrogen (secondary N) is 1. The normalized spacial score (nSPS) is 12.7. The van der Waals surface area contributed by atoms with E-state index in [4.69, 9.17) is 4.74 Å². The molecule has 0 aliphatic rings. The van der Waals surface area contributed by atoms with Gasteiger partial charge in [0.2, 0.25) is 0 Å². The summed E-state index contributed by atoms with van der Waals surface area (Å²) in [6.45, 7) is 12.8. The molecular formula is C28H36N6O2. The number of aryl methyl sites for hydroxylation is 3. The first-order chi connectivity index (χ1) is 17.3. The summed E-state index contributed by atoms with van der Waals surface area (Å²) in [7, 11) is 1.67. The number of fused-ring (bicyclic) bond motifs is 1. The van der Waals surface area contributed by atoms with Gasteiger partial charge in [-0.2, -0.15) is 0 Å². The Labute approximate surface area is 212 Å². The van der Waals surface area contributed by atoms with Crippen LogP contribution in [0.5, 0.6) is 0 Å². The van der Waals surface area contributed by atoms with Gasteiger partial charge in [-0.15, -0.1) is 5.10 Å². The van der Waals surface area contributed by atoms with Gasteiger partial charge in [0.1, 0.15) is 0 Å². The topological polar surface area (TPSA) is 88.9 Å². The molecule has 8 heteroatoms. The standard InChI is InChI=1S/C28H36N6O2/c1-18(2)26(27-30-31-32-34(27)11-12-36-6)33(16-22-9-7-19(3)8-10-22)17-23-15-24-21(5)13-20(4)14-25(24)29-28(23)35/h7-10,13-15,18,26H,11-12,16-17H2,1-6H3,(H,29,35). The van der Waals surface area contributed by atoms with E-state index < -0.39 is 0 Å². The molecule has 2 aromatic carbocycles. The van der Waals surface area contributed by atoms with Crippen molar-refractivity contribution in [1.29, 1.82) is 0 Å². The average Bonchev–Trinajstić information content (AvgIpc) is 3.27. The smallest absolute Gasteiger partial charge is 0.252 e. The molecule has 0 saturated heterocycles. The number of aromatic nitrogens is 5. The Hall–Kier alpha value is -3.36. The number of rotatable bonds is 10. The van der Waals surface area contributed by atoms with Gasteiger partial charge >= 0.3 is 0 Å². The van der Waals surface area contributed by atoms with Gasteiger partial charge in [-0.3, -0.25) is 9.69 Å². The first-order valence-corrected chi connectivity index (χ1v) is 12.4. The molecule has 0 spiro atoms. The van der Waals surface area contributed by atoms with Gasteiger partial charge in [0.25, 0.3) is 5.56 Å². The average molecular weight is 489 g/mol. The Morgan fingerprint density at radius 1 is 1.03 bits per heavy atom. The Kier molecular flexibility index (Phi) is 7.96. The summed E-state index contributed by atoms with van der Waals surface area (Å²) in [5, 5.41) is 13.7. The molecule has 0 radical (unpaired) electrons. The Bertz CT molecular complexity index is 1370. The monoisotopic (exact) mass is 488 g/mol. The van der Waals surface area contributed by atoms with Gasteiger partial charge in [-0.05, 0) is 65.9 Å². The van der Waals surface area contributed by atoms with Crippen molar-refractivity contribution in [2.75, 3.05) is 13.7 Å². The second-order valence-electron chi connectivity index (χ2n) is 10.00. The van der Waals surface area contributed by atoms with E-state index in [0.717, 1.165) is 33.4 Å². The van der Waals surface area contributed by atoms with Crippen LogP contribution in [0.1, 0.15) is 53.5 Å². The molecule has 190 valence electrons. The minimum absolute atomic E-state index is 0.0668. The first-order valence-electron chi connectivity index (χ1n) is 12.4. The summed E-state index contributed by atoms with van der Waals surface area (Å²) in [6.07, 6.45) is 0. The lowest BCUT2D eigenvalue weighted by Crippen LogP contribution is -2.35. The third-order valence-corrected chi connectivity index (χ3v) is 6.63. The van der Waals surface area contributed by atoms with Gasteiger partial charge in [-0.1, -0.05) is 49.7 Å². The van der Waals surface area contributed by atoms with E-state index in [2.05, 4.69) is 83.4 Å². The molecule has 1 unspecified atom stereocenters. The van der Waals surface area contributed by atoms with Crippen LogP contribution in [-0.2, 0) is 24.4 Å². The lowest BCUT2D eigenvalue weighted by Gasteiger charge is -2.33. The molecular weight excluding hydrogens is 452 g/mol. The number of pyridine rings is 1. The molecule has 1 N–H and O–H groups in total. The molecule has 36 heavy (non-hydrogen) atoms. The van der Waals surface area contributed by atoms with Crippen LogP contribution in [0.3, 0.4) is 0 Å². The van der Waals surface area contributed by atoms with Crippen LogP contribution in [0.2, 0.25) is 0 Å². The van der Waals surface area contributed by atoms with Crippen molar-refractivity contribution >= 4 is 10.9 Å². The molecule has 0 aliphatic carbocycles. The van der Waals surface area contributed by atoms with Gasteiger partial charge in [0, 0.05) is 36.7 Å². The first kappa shape index (κ1) is 25.7. The van der Waals surface area contributed by atoms with Crippen molar-refractivity contribution in [3.63, 3.8) is 0 Å². The molecule has 0 bridgehead atoms. The SMILES string of the molecule is COCCn1nnnc1C(C(C)C)N(Cc1ccc(C)cc1)Cc1cc2c(C)cc(C)cc2[nH]c1=O. The van der Waals surface area contributed by atoms with Crippen LogP contribution in [-0.4, -0.2) is 43.8 Å². The summed E-state index contributed by atoms with van der Waals surface area (Å²) in [5.41, 5.74) is 6.20. The summed E-state index contributed by atoms with van der Waals surface area (Å²) in [5.74, 6) is 0.977. The second kappa shape index (κ2) is 11.1. The van der Waals surface area contributed by atoms with Crippen molar-refractivity contribution in [3.05, 3.63) is 86.5 Å². The zero-order chi connectivity index (χ0) is 25.8. The van der Waals surface area contributed by atoms with E-state index in [1.54, 1.807) is 7.11 Å². The van der Waals surface area contributed by atoms with Crippen LogP contribution in [0.15, 0.2) is 47.3 Å². The largest absolute Gasteiger partial charge is 0.383 e. The zero-order valence-corrected chi connectivity index (χ0v) is 22.1. The number of methoxy groups -OCH3 is 1. The van der Waals surface area contributed by atoms with Crippen LogP contribution < -0.4 is 5.56 Å². The van der Waals surface area contributed by atoms with Crippen molar-refractivity contribution in [2.45, 2.75) is 60.3 Å². The summed E-state index contributed by atoms with van der Waals surface area (Å²) in [6, 6.07) is 14.6. The minimum atomic E-state index is -0.104. The molecule has 8 nitrogen and oxygen atoms in total. The van der Waals surface area contributed by atoms with Crippen molar-refractivity contribution in [1.82, 2.24) is 30.1 Å². The fraction of sp³-hybridized carbons (Fsp3) is 0.429. The molecule has 1 atom stereocenters.